The standard InChI is InChI=1S/C28H25N3O3/c1-4-33-27-16-21(15-24(17-29)28(32)31-20(3)14-19(2)30-31)12-13-26(27)34-18-23-10-7-9-22-8-5-6-11-25(22)23/h5-16H,4,18H2,1-3H3/b24-15+. The lowest BCUT2D eigenvalue weighted by Crippen LogP contribution is -2.15. The summed E-state index contributed by atoms with van der Waals surface area (Å²) in [6.45, 7) is 6.31. The van der Waals surface area contributed by atoms with Gasteiger partial charge in [-0.1, -0.05) is 48.5 Å². The number of hydrogen-bond donors (Lipinski definition) is 0. The van der Waals surface area contributed by atoms with Crippen LogP contribution < -0.4 is 9.47 Å². The minimum atomic E-state index is -0.470. The van der Waals surface area contributed by atoms with Crippen LogP contribution in [0.3, 0.4) is 0 Å². The molecule has 0 fully saturated rings. The van der Waals surface area contributed by atoms with Gasteiger partial charge >= 0.3 is 0 Å². The van der Waals surface area contributed by atoms with Gasteiger partial charge in [0.2, 0.25) is 0 Å². The Morgan fingerprint density at radius 2 is 1.82 bits per heavy atom. The molecular weight excluding hydrogens is 426 g/mol. The number of carbonyl (C=O) groups is 1. The number of aryl methyl sites for hydroxylation is 2. The van der Waals surface area contributed by atoms with Crippen molar-refractivity contribution in [1.29, 1.82) is 5.26 Å². The second kappa shape index (κ2) is 10.1. The molecule has 6 nitrogen and oxygen atoms in total. The van der Waals surface area contributed by atoms with Crippen LogP contribution in [0.15, 0.2) is 72.3 Å². The van der Waals surface area contributed by atoms with E-state index in [2.05, 4.69) is 23.3 Å². The fourth-order valence-electron chi connectivity index (χ4n) is 3.83. The summed E-state index contributed by atoms with van der Waals surface area (Å²) in [5.74, 6) is 0.671. The van der Waals surface area contributed by atoms with Gasteiger partial charge in [0.05, 0.1) is 12.3 Å². The van der Waals surface area contributed by atoms with Gasteiger partial charge in [0.25, 0.3) is 5.91 Å². The molecule has 4 aromatic rings. The molecular formula is C28H25N3O3. The third kappa shape index (κ3) is 4.84. The smallest absolute Gasteiger partial charge is 0.289 e. The van der Waals surface area contributed by atoms with Crippen molar-refractivity contribution < 1.29 is 14.3 Å². The van der Waals surface area contributed by atoms with Crippen LogP contribution in [-0.4, -0.2) is 22.3 Å². The molecule has 0 amide bonds. The van der Waals surface area contributed by atoms with Gasteiger partial charge < -0.3 is 9.47 Å². The molecule has 0 aliphatic rings. The SMILES string of the molecule is CCOc1cc(/C=C(\C#N)C(=O)n2nc(C)cc2C)ccc1OCc1cccc2ccccc12. The van der Waals surface area contributed by atoms with Crippen LogP contribution >= 0.6 is 0 Å². The van der Waals surface area contributed by atoms with Crippen molar-refractivity contribution >= 4 is 22.8 Å². The van der Waals surface area contributed by atoms with E-state index in [1.165, 1.54) is 10.8 Å². The Labute approximate surface area is 198 Å². The summed E-state index contributed by atoms with van der Waals surface area (Å²) < 4.78 is 13.2. The number of nitrogens with zero attached hydrogens (tertiary/aromatic N) is 3. The minimum Gasteiger partial charge on any atom is -0.490 e. The Hall–Kier alpha value is -4.37. The molecule has 0 bridgehead atoms. The predicted octanol–water partition coefficient (Wildman–Crippen LogP) is 5.88. The first-order valence-electron chi connectivity index (χ1n) is 11.1. The summed E-state index contributed by atoms with van der Waals surface area (Å²) in [6.07, 6.45) is 1.54. The monoisotopic (exact) mass is 451 g/mol. The van der Waals surface area contributed by atoms with Crippen molar-refractivity contribution in [1.82, 2.24) is 9.78 Å². The summed E-state index contributed by atoms with van der Waals surface area (Å²) in [4.78, 5) is 12.8. The molecule has 1 heterocycles. The summed E-state index contributed by atoms with van der Waals surface area (Å²) in [7, 11) is 0. The molecule has 0 spiro atoms. The highest BCUT2D eigenvalue weighted by molar-refractivity contribution is 6.03. The van der Waals surface area contributed by atoms with Gasteiger partial charge in [-0.2, -0.15) is 10.4 Å². The number of nitriles is 1. The minimum absolute atomic E-state index is 0.0157. The van der Waals surface area contributed by atoms with Crippen LogP contribution in [0.4, 0.5) is 0 Å². The molecule has 6 heteroatoms. The van der Waals surface area contributed by atoms with Crippen LogP contribution in [-0.2, 0) is 6.61 Å². The molecule has 1 aromatic heterocycles. The van der Waals surface area contributed by atoms with Crippen molar-refractivity contribution in [2.45, 2.75) is 27.4 Å². The summed E-state index contributed by atoms with van der Waals surface area (Å²) in [6, 6.07) is 23.5. The summed E-state index contributed by atoms with van der Waals surface area (Å²) >= 11 is 0. The maximum Gasteiger partial charge on any atom is 0.289 e. The van der Waals surface area contributed by atoms with Crippen LogP contribution in [0.1, 0.15) is 34.2 Å². The molecule has 0 saturated heterocycles. The van der Waals surface area contributed by atoms with E-state index in [9.17, 15) is 10.1 Å². The van der Waals surface area contributed by atoms with Crippen molar-refractivity contribution in [3.05, 3.63) is 94.8 Å². The normalized spacial score (nSPS) is 11.3. The quantitative estimate of drug-likeness (QED) is 0.259. The van der Waals surface area contributed by atoms with Gasteiger partial charge in [0.1, 0.15) is 18.2 Å². The number of carbonyl (C=O) groups excluding carboxylic acids is 1. The van der Waals surface area contributed by atoms with Gasteiger partial charge in [-0.25, -0.2) is 4.68 Å². The number of benzene rings is 3. The van der Waals surface area contributed by atoms with E-state index in [1.54, 1.807) is 38.1 Å². The number of fused-ring (bicyclic) bond motifs is 1. The molecule has 0 saturated carbocycles. The Kier molecular flexibility index (Phi) is 6.74. The van der Waals surface area contributed by atoms with Crippen LogP contribution in [0.5, 0.6) is 11.5 Å². The highest BCUT2D eigenvalue weighted by atomic mass is 16.5. The molecule has 4 rings (SSSR count). The van der Waals surface area contributed by atoms with E-state index in [0.717, 1.165) is 22.0 Å². The molecule has 34 heavy (non-hydrogen) atoms. The topological polar surface area (TPSA) is 77.1 Å². The second-order valence-electron chi connectivity index (χ2n) is 7.88. The van der Waals surface area contributed by atoms with E-state index >= 15 is 0 Å². The van der Waals surface area contributed by atoms with Crippen LogP contribution in [0.25, 0.3) is 16.8 Å². The number of aromatic nitrogens is 2. The number of rotatable bonds is 7. The molecule has 0 atom stereocenters. The first-order chi connectivity index (χ1) is 16.5. The first-order valence-corrected chi connectivity index (χ1v) is 11.1. The molecule has 170 valence electrons. The zero-order valence-corrected chi connectivity index (χ0v) is 19.4. The van der Waals surface area contributed by atoms with Gasteiger partial charge in [-0.3, -0.25) is 4.79 Å². The average Bonchev–Trinajstić information content (AvgIpc) is 3.19. The highest BCUT2D eigenvalue weighted by Gasteiger charge is 2.16. The average molecular weight is 452 g/mol. The first kappa shape index (κ1) is 22.8. The van der Waals surface area contributed by atoms with E-state index in [-0.39, 0.29) is 5.57 Å². The molecule has 0 aliphatic heterocycles. The fourth-order valence-corrected chi connectivity index (χ4v) is 3.83. The van der Waals surface area contributed by atoms with E-state index in [0.29, 0.717) is 36.0 Å². The lowest BCUT2D eigenvalue weighted by atomic mass is 10.1. The highest BCUT2D eigenvalue weighted by Crippen LogP contribution is 2.31. The predicted molar refractivity (Wildman–Crippen MR) is 132 cm³/mol. The van der Waals surface area contributed by atoms with Crippen molar-refractivity contribution in [2.24, 2.45) is 0 Å². The number of hydrogen-bond acceptors (Lipinski definition) is 5. The lowest BCUT2D eigenvalue weighted by molar-refractivity contribution is 0.0943. The van der Waals surface area contributed by atoms with Gasteiger partial charge in [-0.15, -0.1) is 0 Å². The Morgan fingerprint density at radius 3 is 2.56 bits per heavy atom. The largest absolute Gasteiger partial charge is 0.490 e. The second-order valence-corrected chi connectivity index (χ2v) is 7.88. The molecule has 0 N–H and O–H groups in total. The number of allylic oxidation sites excluding steroid dienone is 1. The zero-order chi connectivity index (χ0) is 24.1. The van der Waals surface area contributed by atoms with E-state index in [4.69, 9.17) is 9.47 Å². The van der Waals surface area contributed by atoms with Gasteiger partial charge in [0, 0.05) is 5.69 Å². The summed E-state index contributed by atoms with van der Waals surface area (Å²) in [5.41, 5.74) is 3.11. The van der Waals surface area contributed by atoms with Crippen LogP contribution in [0.2, 0.25) is 0 Å². The fraction of sp³-hybridized carbons (Fsp3) is 0.179. The molecule has 3 aromatic carbocycles. The zero-order valence-electron chi connectivity index (χ0n) is 19.4. The van der Waals surface area contributed by atoms with Gasteiger partial charge in [0.15, 0.2) is 11.5 Å². The molecule has 0 unspecified atom stereocenters. The van der Waals surface area contributed by atoms with E-state index < -0.39 is 5.91 Å². The van der Waals surface area contributed by atoms with E-state index in [1.807, 2.05) is 37.3 Å². The molecule has 0 aliphatic carbocycles. The Balaban J connectivity index is 1.60. The van der Waals surface area contributed by atoms with Crippen molar-refractivity contribution in [2.75, 3.05) is 6.61 Å². The van der Waals surface area contributed by atoms with Crippen molar-refractivity contribution in [3.63, 3.8) is 0 Å². The third-order valence-corrected chi connectivity index (χ3v) is 5.39. The van der Waals surface area contributed by atoms with Crippen LogP contribution in [0, 0.1) is 25.2 Å². The Morgan fingerprint density at radius 1 is 1.03 bits per heavy atom. The maximum atomic E-state index is 12.8. The third-order valence-electron chi connectivity index (χ3n) is 5.39. The summed E-state index contributed by atoms with van der Waals surface area (Å²) in [5, 5.41) is 16.1. The number of ether oxygens (including phenoxy) is 2. The van der Waals surface area contributed by atoms with Gasteiger partial charge in [-0.05, 0) is 66.9 Å². The molecule has 0 radical (unpaired) electrons. The van der Waals surface area contributed by atoms with Crippen molar-refractivity contribution in [3.8, 4) is 17.6 Å². The lowest BCUT2D eigenvalue weighted by Gasteiger charge is -2.14. The Bertz CT molecular complexity index is 1420. The maximum absolute atomic E-state index is 12.8.